The first-order valence-electron chi connectivity index (χ1n) is 7.05. The van der Waals surface area contributed by atoms with Crippen LogP contribution in [-0.4, -0.2) is 31.3 Å². The maximum Gasteiger partial charge on any atom is 0.331 e. The summed E-state index contributed by atoms with van der Waals surface area (Å²) in [6, 6.07) is 5.52. The van der Waals surface area contributed by atoms with E-state index < -0.39 is 5.54 Å². The lowest BCUT2D eigenvalue weighted by atomic mass is 9.90. The number of hydrogen-bond acceptors (Lipinski definition) is 4. The van der Waals surface area contributed by atoms with E-state index in [1.807, 2.05) is 19.1 Å². The van der Waals surface area contributed by atoms with Gasteiger partial charge >= 0.3 is 5.97 Å². The standard InChI is InChI=1S/C15H19BrClNO3/c1-2-21-14(19)15(6-3-8-20-9-7-15)18-11-4-5-13(17)12(16)10-11/h4-5,10,18H,2-3,6-9H2,1H3. The van der Waals surface area contributed by atoms with Crippen LogP contribution < -0.4 is 5.32 Å². The van der Waals surface area contributed by atoms with Crippen LogP contribution in [0.15, 0.2) is 22.7 Å². The van der Waals surface area contributed by atoms with Crippen molar-refractivity contribution in [3.63, 3.8) is 0 Å². The van der Waals surface area contributed by atoms with E-state index in [-0.39, 0.29) is 5.97 Å². The van der Waals surface area contributed by atoms with Gasteiger partial charge in [-0.25, -0.2) is 4.79 Å². The van der Waals surface area contributed by atoms with E-state index >= 15 is 0 Å². The Morgan fingerprint density at radius 1 is 1.48 bits per heavy atom. The molecular formula is C15H19BrClNO3. The summed E-state index contributed by atoms with van der Waals surface area (Å²) in [5.41, 5.74) is 0.0981. The molecule has 21 heavy (non-hydrogen) atoms. The van der Waals surface area contributed by atoms with Gasteiger partial charge < -0.3 is 14.8 Å². The average molecular weight is 377 g/mol. The number of nitrogens with one attached hydrogen (secondary N) is 1. The maximum absolute atomic E-state index is 12.5. The highest BCUT2D eigenvalue weighted by atomic mass is 79.9. The lowest BCUT2D eigenvalue weighted by molar-refractivity contribution is -0.149. The van der Waals surface area contributed by atoms with E-state index in [4.69, 9.17) is 21.1 Å². The van der Waals surface area contributed by atoms with Gasteiger partial charge in [-0.1, -0.05) is 11.6 Å². The van der Waals surface area contributed by atoms with Crippen LogP contribution >= 0.6 is 27.5 Å². The van der Waals surface area contributed by atoms with Crippen molar-refractivity contribution in [3.8, 4) is 0 Å². The molecule has 0 amide bonds. The van der Waals surface area contributed by atoms with Crippen molar-refractivity contribution in [2.45, 2.75) is 31.7 Å². The zero-order valence-electron chi connectivity index (χ0n) is 12.0. The van der Waals surface area contributed by atoms with Gasteiger partial charge in [-0.2, -0.15) is 0 Å². The molecular weight excluding hydrogens is 358 g/mol. The fraction of sp³-hybridized carbons (Fsp3) is 0.533. The Hall–Kier alpha value is -0.780. The van der Waals surface area contributed by atoms with Crippen molar-refractivity contribution in [1.29, 1.82) is 0 Å². The van der Waals surface area contributed by atoms with Crippen LogP contribution in [0.5, 0.6) is 0 Å². The van der Waals surface area contributed by atoms with Gasteiger partial charge in [-0.3, -0.25) is 0 Å². The molecule has 1 unspecified atom stereocenters. The van der Waals surface area contributed by atoms with Gasteiger partial charge in [0.2, 0.25) is 0 Å². The lowest BCUT2D eigenvalue weighted by Crippen LogP contribution is -2.48. The van der Waals surface area contributed by atoms with E-state index in [0.717, 1.165) is 16.6 Å². The summed E-state index contributed by atoms with van der Waals surface area (Å²) in [6.07, 6.45) is 2.10. The Bertz CT molecular complexity index is 502. The first-order valence-corrected chi connectivity index (χ1v) is 8.23. The molecule has 1 aromatic rings. The minimum Gasteiger partial charge on any atom is -0.464 e. The van der Waals surface area contributed by atoms with Crippen molar-refractivity contribution in [3.05, 3.63) is 27.7 Å². The summed E-state index contributed by atoms with van der Waals surface area (Å²) in [4.78, 5) is 12.5. The Kier molecular flexibility index (Phi) is 5.90. The fourth-order valence-corrected chi connectivity index (χ4v) is 2.95. The summed E-state index contributed by atoms with van der Waals surface area (Å²) >= 11 is 9.41. The van der Waals surface area contributed by atoms with Gasteiger partial charge in [-0.05, 0) is 53.9 Å². The predicted octanol–water partition coefficient (Wildman–Crippen LogP) is 4.02. The van der Waals surface area contributed by atoms with Crippen molar-refractivity contribution < 1.29 is 14.3 Å². The SMILES string of the molecule is CCOC(=O)C1(Nc2ccc(Cl)c(Br)c2)CCCOCC1. The third-order valence-electron chi connectivity index (χ3n) is 3.53. The van der Waals surface area contributed by atoms with Gasteiger partial charge in [0.25, 0.3) is 0 Å². The van der Waals surface area contributed by atoms with Crippen LogP contribution in [0.1, 0.15) is 26.2 Å². The van der Waals surface area contributed by atoms with Crippen LogP contribution in [0.3, 0.4) is 0 Å². The van der Waals surface area contributed by atoms with Crippen molar-refractivity contribution in [2.24, 2.45) is 0 Å². The molecule has 1 saturated heterocycles. The number of esters is 1. The molecule has 0 aromatic heterocycles. The first-order chi connectivity index (χ1) is 10.1. The quantitative estimate of drug-likeness (QED) is 0.806. The number of carbonyl (C=O) groups excluding carboxylic acids is 1. The van der Waals surface area contributed by atoms with E-state index in [2.05, 4.69) is 21.2 Å². The molecule has 1 N–H and O–H groups in total. The van der Waals surface area contributed by atoms with Crippen LogP contribution in [-0.2, 0) is 14.3 Å². The van der Waals surface area contributed by atoms with Gasteiger partial charge in [0.15, 0.2) is 0 Å². The molecule has 0 spiro atoms. The zero-order valence-corrected chi connectivity index (χ0v) is 14.3. The third-order valence-corrected chi connectivity index (χ3v) is 4.75. The lowest BCUT2D eigenvalue weighted by Gasteiger charge is -2.32. The average Bonchev–Trinajstić information content (AvgIpc) is 2.70. The molecule has 0 radical (unpaired) electrons. The van der Waals surface area contributed by atoms with Crippen LogP contribution in [0.4, 0.5) is 5.69 Å². The monoisotopic (exact) mass is 375 g/mol. The molecule has 0 saturated carbocycles. The first kappa shape index (κ1) is 16.6. The second kappa shape index (κ2) is 7.47. The number of benzene rings is 1. The largest absolute Gasteiger partial charge is 0.464 e. The number of rotatable bonds is 4. The second-order valence-corrected chi connectivity index (χ2v) is 6.28. The minimum atomic E-state index is -0.736. The van der Waals surface area contributed by atoms with Crippen LogP contribution in [0.2, 0.25) is 5.02 Å². The van der Waals surface area contributed by atoms with Gasteiger partial charge in [0.05, 0.1) is 11.6 Å². The second-order valence-electron chi connectivity index (χ2n) is 5.02. The van der Waals surface area contributed by atoms with Gasteiger partial charge in [0.1, 0.15) is 5.54 Å². The molecule has 1 heterocycles. The van der Waals surface area contributed by atoms with Gasteiger partial charge in [0, 0.05) is 29.8 Å². The molecule has 116 valence electrons. The van der Waals surface area contributed by atoms with E-state index in [9.17, 15) is 4.79 Å². The highest BCUT2D eigenvalue weighted by Gasteiger charge is 2.40. The number of hydrogen-bond donors (Lipinski definition) is 1. The normalized spacial score (nSPS) is 22.4. The Morgan fingerprint density at radius 3 is 3.00 bits per heavy atom. The number of carbonyl (C=O) groups is 1. The van der Waals surface area contributed by atoms with Gasteiger partial charge in [-0.15, -0.1) is 0 Å². The summed E-state index contributed by atoms with van der Waals surface area (Å²) in [5, 5.41) is 3.98. The molecule has 2 rings (SSSR count). The highest BCUT2D eigenvalue weighted by molar-refractivity contribution is 9.10. The Labute approximate surface area is 138 Å². The summed E-state index contributed by atoms with van der Waals surface area (Å²) in [5.74, 6) is -0.221. The molecule has 0 aliphatic carbocycles. The summed E-state index contributed by atoms with van der Waals surface area (Å²) in [7, 11) is 0. The molecule has 1 fully saturated rings. The van der Waals surface area contributed by atoms with Crippen molar-refractivity contribution in [2.75, 3.05) is 25.1 Å². The summed E-state index contributed by atoms with van der Waals surface area (Å²) < 4.78 is 11.5. The predicted molar refractivity (Wildman–Crippen MR) is 86.8 cm³/mol. The number of ether oxygens (including phenoxy) is 2. The minimum absolute atomic E-state index is 0.221. The number of halogens is 2. The fourth-order valence-electron chi connectivity index (χ4n) is 2.45. The molecule has 1 aliphatic rings. The van der Waals surface area contributed by atoms with E-state index in [1.54, 1.807) is 6.07 Å². The molecule has 6 heteroatoms. The highest BCUT2D eigenvalue weighted by Crippen LogP contribution is 2.31. The Morgan fingerprint density at radius 2 is 2.29 bits per heavy atom. The molecule has 1 aromatic carbocycles. The van der Waals surface area contributed by atoms with Crippen LogP contribution in [0, 0.1) is 0 Å². The van der Waals surface area contributed by atoms with Crippen molar-refractivity contribution >= 4 is 39.2 Å². The van der Waals surface area contributed by atoms with E-state index in [1.165, 1.54) is 0 Å². The molecule has 1 aliphatic heterocycles. The van der Waals surface area contributed by atoms with Crippen LogP contribution in [0.25, 0.3) is 0 Å². The molecule has 1 atom stereocenters. The number of anilines is 1. The Balaban J connectivity index is 2.25. The maximum atomic E-state index is 12.5. The third kappa shape index (κ3) is 4.11. The zero-order chi connectivity index (χ0) is 15.3. The smallest absolute Gasteiger partial charge is 0.331 e. The van der Waals surface area contributed by atoms with Crippen molar-refractivity contribution in [1.82, 2.24) is 0 Å². The summed E-state index contributed by atoms with van der Waals surface area (Å²) in [6.45, 7) is 3.40. The topological polar surface area (TPSA) is 47.6 Å². The molecule has 0 bridgehead atoms. The van der Waals surface area contributed by atoms with E-state index in [0.29, 0.717) is 37.7 Å². The molecule has 4 nitrogen and oxygen atoms in total.